The van der Waals surface area contributed by atoms with Crippen molar-refractivity contribution >= 4 is 11.7 Å². The molecule has 0 N–H and O–H groups in total. The molecule has 0 radical (unpaired) electrons. The van der Waals surface area contributed by atoms with Crippen LogP contribution in [0.5, 0.6) is 5.75 Å². The molecule has 1 saturated carbocycles. The van der Waals surface area contributed by atoms with Gasteiger partial charge in [-0.3, -0.25) is 9.59 Å². The Kier molecular flexibility index (Phi) is 4.46. The lowest BCUT2D eigenvalue weighted by molar-refractivity contribution is -0.133. The average Bonchev–Trinajstić information content (AvgIpc) is 2.90. The van der Waals surface area contributed by atoms with E-state index >= 15 is 0 Å². The largest absolute Gasteiger partial charge is 0.497 e. The zero-order valence-corrected chi connectivity index (χ0v) is 13.1. The second-order valence-electron chi connectivity index (χ2n) is 6.29. The van der Waals surface area contributed by atoms with E-state index in [0.717, 1.165) is 37.0 Å². The third-order valence-electron chi connectivity index (χ3n) is 4.95. The van der Waals surface area contributed by atoms with E-state index in [1.54, 1.807) is 7.11 Å². The molecular formula is C18H23NO3. The van der Waals surface area contributed by atoms with Crippen molar-refractivity contribution in [3.05, 3.63) is 29.8 Å². The zero-order chi connectivity index (χ0) is 15.5. The van der Waals surface area contributed by atoms with Crippen molar-refractivity contribution in [2.24, 2.45) is 5.92 Å². The summed E-state index contributed by atoms with van der Waals surface area (Å²) in [5.41, 5.74) is 1.09. The van der Waals surface area contributed by atoms with Gasteiger partial charge in [-0.1, -0.05) is 18.6 Å². The molecule has 3 rings (SSSR count). The first kappa shape index (κ1) is 15.1. The minimum atomic E-state index is 0.0541. The van der Waals surface area contributed by atoms with Crippen molar-refractivity contribution in [2.45, 2.75) is 51.1 Å². The normalized spacial score (nSPS) is 25.6. The summed E-state index contributed by atoms with van der Waals surface area (Å²) in [7, 11) is 1.64. The Morgan fingerprint density at radius 1 is 1.09 bits per heavy atom. The number of hydrogen-bond donors (Lipinski definition) is 0. The highest BCUT2D eigenvalue weighted by Crippen LogP contribution is 2.34. The molecule has 1 aliphatic carbocycles. The number of carbonyl (C=O) groups is 2. The van der Waals surface area contributed by atoms with Gasteiger partial charge >= 0.3 is 0 Å². The SMILES string of the molecule is COc1ccc(CN2C(=O)CCC2C2CCCCC2=O)cc1. The van der Waals surface area contributed by atoms with Crippen LogP contribution in [-0.2, 0) is 16.1 Å². The molecule has 0 bridgehead atoms. The second kappa shape index (κ2) is 6.51. The van der Waals surface area contributed by atoms with E-state index in [9.17, 15) is 9.59 Å². The van der Waals surface area contributed by atoms with Crippen LogP contribution < -0.4 is 4.74 Å². The van der Waals surface area contributed by atoms with E-state index in [0.29, 0.717) is 25.2 Å². The standard InChI is InChI=1S/C18H23NO3/c1-22-14-8-6-13(7-9-14)12-19-16(10-11-18(19)21)15-4-2-3-5-17(15)20/h6-9,15-16H,2-5,10-12H2,1H3. The molecular weight excluding hydrogens is 278 g/mol. The van der Waals surface area contributed by atoms with E-state index in [2.05, 4.69) is 0 Å². The Bertz CT molecular complexity index is 552. The summed E-state index contributed by atoms with van der Waals surface area (Å²) < 4.78 is 5.17. The molecule has 22 heavy (non-hydrogen) atoms. The summed E-state index contributed by atoms with van der Waals surface area (Å²) in [6.45, 7) is 0.595. The van der Waals surface area contributed by atoms with Crippen LogP contribution in [0, 0.1) is 5.92 Å². The fourth-order valence-corrected chi connectivity index (χ4v) is 3.72. The van der Waals surface area contributed by atoms with Gasteiger partial charge in [-0.25, -0.2) is 0 Å². The van der Waals surface area contributed by atoms with Crippen LogP contribution in [0.3, 0.4) is 0 Å². The monoisotopic (exact) mass is 301 g/mol. The number of hydrogen-bond acceptors (Lipinski definition) is 3. The predicted molar refractivity (Wildman–Crippen MR) is 83.5 cm³/mol. The molecule has 118 valence electrons. The van der Waals surface area contributed by atoms with Crippen LogP contribution in [0.25, 0.3) is 0 Å². The first-order valence-corrected chi connectivity index (χ1v) is 8.14. The molecule has 2 aliphatic rings. The number of amides is 1. The van der Waals surface area contributed by atoms with Gasteiger partial charge in [0.1, 0.15) is 11.5 Å². The summed E-state index contributed by atoms with van der Waals surface area (Å²) in [5.74, 6) is 1.40. The molecule has 4 nitrogen and oxygen atoms in total. The summed E-state index contributed by atoms with van der Waals surface area (Å²) in [5, 5.41) is 0. The minimum absolute atomic E-state index is 0.0541. The Morgan fingerprint density at radius 2 is 1.86 bits per heavy atom. The van der Waals surface area contributed by atoms with Crippen molar-refractivity contribution in [1.82, 2.24) is 4.90 Å². The van der Waals surface area contributed by atoms with E-state index < -0.39 is 0 Å². The first-order valence-electron chi connectivity index (χ1n) is 8.14. The molecule has 1 aromatic rings. The van der Waals surface area contributed by atoms with Gasteiger partial charge in [0.05, 0.1) is 7.11 Å². The van der Waals surface area contributed by atoms with Gasteiger partial charge in [0.25, 0.3) is 0 Å². The van der Waals surface area contributed by atoms with Crippen LogP contribution >= 0.6 is 0 Å². The molecule has 4 heteroatoms. The molecule has 1 saturated heterocycles. The Hall–Kier alpha value is -1.84. The lowest BCUT2D eigenvalue weighted by atomic mass is 9.82. The predicted octanol–water partition coefficient (Wildman–Crippen LogP) is 2.95. The van der Waals surface area contributed by atoms with Crippen LogP contribution in [0.2, 0.25) is 0 Å². The fourth-order valence-electron chi connectivity index (χ4n) is 3.72. The number of benzene rings is 1. The molecule has 1 heterocycles. The molecule has 0 spiro atoms. The first-order chi connectivity index (χ1) is 10.7. The number of rotatable bonds is 4. The fraction of sp³-hybridized carbons (Fsp3) is 0.556. The highest BCUT2D eigenvalue weighted by molar-refractivity contribution is 5.85. The van der Waals surface area contributed by atoms with Gasteiger partial charge in [0.2, 0.25) is 5.91 Å². The van der Waals surface area contributed by atoms with Crippen molar-refractivity contribution in [2.75, 3.05) is 7.11 Å². The Labute approximate surface area is 131 Å². The minimum Gasteiger partial charge on any atom is -0.497 e. The van der Waals surface area contributed by atoms with Gasteiger partial charge in [-0.15, -0.1) is 0 Å². The van der Waals surface area contributed by atoms with E-state index in [-0.39, 0.29) is 17.9 Å². The van der Waals surface area contributed by atoms with Crippen molar-refractivity contribution in [3.8, 4) is 5.75 Å². The van der Waals surface area contributed by atoms with Gasteiger partial charge in [-0.05, 0) is 37.0 Å². The maximum Gasteiger partial charge on any atom is 0.223 e. The molecule has 2 unspecified atom stereocenters. The quantitative estimate of drug-likeness (QED) is 0.859. The summed E-state index contributed by atoms with van der Waals surface area (Å²) in [6.07, 6.45) is 5.14. The molecule has 0 aromatic heterocycles. The second-order valence-corrected chi connectivity index (χ2v) is 6.29. The van der Waals surface area contributed by atoms with E-state index in [1.807, 2.05) is 29.2 Å². The third kappa shape index (κ3) is 3.01. The van der Waals surface area contributed by atoms with Gasteiger partial charge < -0.3 is 9.64 Å². The van der Waals surface area contributed by atoms with Crippen LogP contribution in [0.4, 0.5) is 0 Å². The van der Waals surface area contributed by atoms with Crippen LogP contribution in [-0.4, -0.2) is 29.7 Å². The molecule has 1 amide bonds. The topological polar surface area (TPSA) is 46.6 Å². The highest BCUT2D eigenvalue weighted by Gasteiger charge is 2.40. The number of ether oxygens (including phenoxy) is 1. The van der Waals surface area contributed by atoms with E-state index in [4.69, 9.17) is 4.74 Å². The lowest BCUT2D eigenvalue weighted by Gasteiger charge is -2.33. The molecule has 1 aromatic carbocycles. The number of carbonyl (C=O) groups excluding carboxylic acids is 2. The van der Waals surface area contributed by atoms with Gasteiger partial charge in [-0.2, -0.15) is 0 Å². The maximum atomic E-state index is 12.3. The Balaban J connectivity index is 1.74. The number of ketones is 1. The summed E-state index contributed by atoms with van der Waals surface area (Å²) >= 11 is 0. The van der Waals surface area contributed by atoms with Crippen LogP contribution in [0.15, 0.2) is 24.3 Å². The lowest BCUT2D eigenvalue weighted by Crippen LogP contribution is -2.41. The maximum absolute atomic E-state index is 12.3. The summed E-state index contributed by atoms with van der Waals surface area (Å²) in [4.78, 5) is 26.4. The molecule has 2 atom stereocenters. The number of likely N-dealkylation sites (tertiary alicyclic amines) is 1. The van der Waals surface area contributed by atoms with Gasteiger partial charge in [0.15, 0.2) is 0 Å². The van der Waals surface area contributed by atoms with Crippen molar-refractivity contribution in [1.29, 1.82) is 0 Å². The number of Topliss-reactive ketones (excluding diaryl/α,β-unsaturated/α-hetero) is 1. The van der Waals surface area contributed by atoms with E-state index in [1.165, 1.54) is 0 Å². The van der Waals surface area contributed by atoms with Gasteiger partial charge in [0, 0.05) is 31.3 Å². The Morgan fingerprint density at radius 3 is 2.55 bits per heavy atom. The number of nitrogens with zero attached hydrogens (tertiary/aromatic N) is 1. The molecule has 2 fully saturated rings. The smallest absolute Gasteiger partial charge is 0.223 e. The average molecular weight is 301 g/mol. The van der Waals surface area contributed by atoms with Crippen molar-refractivity contribution < 1.29 is 14.3 Å². The summed E-state index contributed by atoms with van der Waals surface area (Å²) in [6, 6.07) is 7.91. The zero-order valence-electron chi connectivity index (χ0n) is 13.1. The third-order valence-corrected chi connectivity index (χ3v) is 4.95. The van der Waals surface area contributed by atoms with Crippen LogP contribution in [0.1, 0.15) is 44.1 Å². The highest BCUT2D eigenvalue weighted by atomic mass is 16.5. The van der Waals surface area contributed by atoms with Crippen molar-refractivity contribution in [3.63, 3.8) is 0 Å². The molecule has 1 aliphatic heterocycles. The number of methoxy groups -OCH3 is 1.